The van der Waals surface area contributed by atoms with Gasteiger partial charge < -0.3 is 14.5 Å². The Bertz CT molecular complexity index is 513. The molecule has 0 saturated carbocycles. The van der Waals surface area contributed by atoms with Crippen LogP contribution in [0.5, 0.6) is 0 Å². The molecule has 0 radical (unpaired) electrons. The van der Waals surface area contributed by atoms with Crippen LogP contribution in [0, 0.1) is 0 Å². The topological polar surface area (TPSA) is 61.8 Å². The van der Waals surface area contributed by atoms with E-state index in [2.05, 4.69) is 26.7 Å². The van der Waals surface area contributed by atoms with E-state index in [0.717, 1.165) is 64.7 Å². The molecular weight excluding hydrogens is 306 g/mol. The molecule has 0 N–H and O–H groups in total. The number of anilines is 1. The van der Waals surface area contributed by atoms with Gasteiger partial charge in [0, 0.05) is 64.1 Å². The second-order valence-electron chi connectivity index (χ2n) is 6.47. The number of piperazine rings is 1. The van der Waals surface area contributed by atoms with Crippen LogP contribution in [0.25, 0.3) is 0 Å². The molecule has 1 aromatic heterocycles. The lowest BCUT2D eigenvalue weighted by atomic mass is 10.1. The van der Waals surface area contributed by atoms with Crippen molar-refractivity contribution < 1.29 is 9.53 Å². The predicted molar refractivity (Wildman–Crippen MR) is 91.9 cm³/mol. The van der Waals surface area contributed by atoms with Crippen molar-refractivity contribution >= 4 is 11.7 Å². The summed E-state index contributed by atoms with van der Waals surface area (Å²) >= 11 is 0. The maximum atomic E-state index is 12.5. The minimum absolute atomic E-state index is 0.272. The zero-order chi connectivity index (χ0) is 16.8. The lowest BCUT2D eigenvalue weighted by molar-refractivity contribution is -0.131. The zero-order valence-corrected chi connectivity index (χ0v) is 14.4. The first-order chi connectivity index (χ1) is 11.7. The van der Waals surface area contributed by atoms with Crippen LogP contribution in [-0.4, -0.2) is 84.2 Å². The Morgan fingerprint density at radius 1 is 1.17 bits per heavy atom. The molecule has 1 aromatic rings. The van der Waals surface area contributed by atoms with E-state index in [1.807, 2.05) is 4.90 Å². The molecule has 2 aliphatic heterocycles. The largest absolute Gasteiger partial charge is 0.379 e. The van der Waals surface area contributed by atoms with Gasteiger partial charge in [-0.3, -0.25) is 14.7 Å². The van der Waals surface area contributed by atoms with Gasteiger partial charge in [-0.2, -0.15) is 0 Å². The maximum Gasteiger partial charge on any atom is 0.222 e. The van der Waals surface area contributed by atoms with Gasteiger partial charge in [0.1, 0.15) is 5.82 Å². The minimum atomic E-state index is 0.272. The fourth-order valence-electron chi connectivity index (χ4n) is 3.33. The molecule has 0 aromatic carbocycles. The molecule has 132 valence electrons. The molecule has 7 nitrogen and oxygen atoms in total. The van der Waals surface area contributed by atoms with Crippen molar-refractivity contribution in [1.82, 2.24) is 19.8 Å². The van der Waals surface area contributed by atoms with Crippen molar-refractivity contribution in [2.75, 3.05) is 57.4 Å². The van der Waals surface area contributed by atoms with Gasteiger partial charge in [0.15, 0.2) is 0 Å². The summed E-state index contributed by atoms with van der Waals surface area (Å²) in [4.78, 5) is 27.5. The maximum absolute atomic E-state index is 12.5. The Labute approximate surface area is 143 Å². The molecule has 0 bridgehead atoms. The molecule has 0 spiro atoms. The molecule has 0 aliphatic carbocycles. The molecular formula is C17H27N5O2. The minimum Gasteiger partial charge on any atom is -0.379 e. The number of morpholine rings is 1. The van der Waals surface area contributed by atoms with Gasteiger partial charge in [0.05, 0.1) is 19.4 Å². The van der Waals surface area contributed by atoms with Crippen molar-refractivity contribution in [3.05, 3.63) is 18.6 Å². The monoisotopic (exact) mass is 333 g/mol. The Hall–Kier alpha value is -1.73. The van der Waals surface area contributed by atoms with Crippen molar-refractivity contribution in [2.24, 2.45) is 0 Å². The van der Waals surface area contributed by atoms with Crippen LogP contribution in [-0.2, 0) is 9.53 Å². The average Bonchev–Trinajstić information content (AvgIpc) is 2.67. The second kappa shape index (κ2) is 8.39. The third-order valence-corrected chi connectivity index (χ3v) is 4.95. The number of rotatable bonds is 5. The van der Waals surface area contributed by atoms with E-state index in [0.29, 0.717) is 12.5 Å². The summed E-state index contributed by atoms with van der Waals surface area (Å²) in [5, 5.41) is 0. The highest BCUT2D eigenvalue weighted by Gasteiger charge is 2.23. The van der Waals surface area contributed by atoms with Crippen LogP contribution in [0.1, 0.15) is 19.8 Å². The summed E-state index contributed by atoms with van der Waals surface area (Å²) < 4.78 is 5.39. The van der Waals surface area contributed by atoms with Crippen LogP contribution in [0.15, 0.2) is 18.6 Å². The van der Waals surface area contributed by atoms with Crippen molar-refractivity contribution in [1.29, 1.82) is 0 Å². The molecule has 0 unspecified atom stereocenters. The third-order valence-electron chi connectivity index (χ3n) is 4.95. The number of hydrogen-bond donors (Lipinski definition) is 0. The number of amides is 1. The quantitative estimate of drug-likeness (QED) is 0.787. The van der Waals surface area contributed by atoms with Crippen molar-refractivity contribution in [3.63, 3.8) is 0 Å². The fraction of sp³-hybridized carbons (Fsp3) is 0.706. The number of aromatic nitrogens is 2. The molecule has 1 atom stereocenters. The molecule has 2 fully saturated rings. The standard InChI is InChI=1S/C17H27N5O2/c1-15(20-10-12-24-13-11-20)2-3-17(23)22-8-6-21(7-9-22)16-14-18-4-5-19-16/h4-5,14-15H,2-3,6-13H2,1H3/t15-/m0/s1. The zero-order valence-electron chi connectivity index (χ0n) is 14.4. The first-order valence-corrected chi connectivity index (χ1v) is 8.84. The van der Waals surface area contributed by atoms with E-state index in [4.69, 9.17) is 4.74 Å². The van der Waals surface area contributed by atoms with Crippen LogP contribution < -0.4 is 4.90 Å². The van der Waals surface area contributed by atoms with E-state index in [-0.39, 0.29) is 5.91 Å². The summed E-state index contributed by atoms with van der Waals surface area (Å²) in [6.45, 7) is 8.96. The van der Waals surface area contributed by atoms with Crippen LogP contribution in [0.3, 0.4) is 0 Å². The fourth-order valence-corrected chi connectivity index (χ4v) is 3.33. The second-order valence-corrected chi connectivity index (χ2v) is 6.47. The summed E-state index contributed by atoms with van der Waals surface area (Å²) in [6.07, 6.45) is 6.72. The van der Waals surface area contributed by atoms with Crippen molar-refractivity contribution in [2.45, 2.75) is 25.8 Å². The Morgan fingerprint density at radius 2 is 1.92 bits per heavy atom. The van der Waals surface area contributed by atoms with Gasteiger partial charge in [-0.15, -0.1) is 0 Å². The van der Waals surface area contributed by atoms with E-state index in [9.17, 15) is 4.79 Å². The summed E-state index contributed by atoms with van der Waals surface area (Å²) in [6, 6.07) is 0.443. The van der Waals surface area contributed by atoms with E-state index in [1.54, 1.807) is 18.6 Å². The SMILES string of the molecule is C[C@@H](CCC(=O)N1CCN(c2cnccn2)CC1)N1CCOCC1. The Morgan fingerprint density at radius 3 is 2.58 bits per heavy atom. The molecule has 3 rings (SSSR count). The van der Waals surface area contributed by atoms with E-state index < -0.39 is 0 Å². The molecule has 2 saturated heterocycles. The van der Waals surface area contributed by atoms with E-state index >= 15 is 0 Å². The van der Waals surface area contributed by atoms with Crippen LogP contribution in [0.2, 0.25) is 0 Å². The highest BCUT2D eigenvalue weighted by molar-refractivity contribution is 5.76. The normalized spacial score (nSPS) is 20.9. The molecule has 2 aliphatic rings. The predicted octanol–water partition coefficient (Wildman–Crippen LogP) is 0.626. The van der Waals surface area contributed by atoms with Crippen LogP contribution >= 0.6 is 0 Å². The lowest BCUT2D eigenvalue weighted by Gasteiger charge is -2.36. The van der Waals surface area contributed by atoms with Crippen LogP contribution in [0.4, 0.5) is 5.82 Å². The van der Waals surface area contributed by atoms with Gasteiger partial charge in [-0.25, -0.2) is 4.98 Å². The van der Waals surface area contributed by atoms with Gasteiger partial charge in [0.2, 0.25) is 5.91 Å². The Kier molecular flexibility index (Phi) is 5.98. The summed E-state index contributed by atoms with van der Waals surface area (Å²) in [5.74, 6) is 1.17. The first kappa shape index (κ1) is 17.1. The smallest absolute Gasteiger partial charge is 0.222 e. The average molecular weight is 333 g/mol. The lowest BCUT2D eigenvalue weighted by Crippen LogP contribution is -2.49. The van der Waals surface area contributed by atoms with Crippen molar-refractivity contribution in [3.8, 4) is 0 Å². The van der Waals surface area contributed by atoms with Gasteiger partial charge in [0.25, 0.3) is 0 Å². The molecule has 24 heavy (non-hydrogen) atoms. The van der Waals surface area contributed by atoms with Gasteiger partial charge in [-0.1, -0.05) is 0 Å². The summed E-state index contributed by atoms with van der Waals surface area (Å²) in [5.41, 5.74) is 0. The number of carbonyl (C=O) groups excluding carboxylic acids is 1. The number of nitrogens with zero attached hydrogens (tertiary/aromatic N) is 5. The third kappa shape index (κ3) is 4.42. The first-order valence-electron chi connectivity index (χ1n) is 8.84. The Balaban J connectivity index is 1.40. The van der Waals surface area contributed by atoms with Gasteiger partial charge in [-0.05, 0) is 13.3 Å². The number of carbonyl (C=O) groups is 1. The molecule has 7 heteroatoms. The number of hydrogen-bond acceptors (Lipinski definition) is 6. The van der Waals surface area contributed by atoms with Gasteiger partial charge >= 0.3 is 0 Å². The molecule has 3 heterocycles. The highest BCUT2D eigenvalue weighted by atomic mass is 16.5. The number of ether oxygens (including phenoxy) is 1. The summed E-state index contributed by atoms with van der Waals surface area (Å²) in [7, 11) is 0. The highest BCUT2D eigenvalue weighted by Crippen LogP contribution is 2.14. The molecule has 1 amide bonds. The van der Waals surface area contributed by atoms with E-state index in [1.165, 1.54) is 0 Å².